The van der Waals surface area contributed by atoms with Crippen molar-refractivity contribution in [3.63, 3.8) is 0 Å². The Kier molecular flexibility index (Phi) is 4.66. The van der Waals surface area contributed by atoms with E-state index in [2.05, 4.69) is 15.3 Å². The molecule has 9 heteroatoms. The van der Waals surface area contributed by atoms with Crippen molar-refractivity contribution in [3.05, 3.63) is 16.8 Å². The highest BCUT2D eigenvalue weighted by atomic mass is 32.1. The first-order valence-electron chi connectivity index (χ1n) is 6.08. The summed E-state index contributed by atoms with van der Waals surface area (Å²) in [5, 5.41) is 12.9. The predicted octanol–water partition coefficient (Wildman–Crippen LogP) is 0.612. The normalized spacial score (nSPS) is 10.7. The highest BCUT2D eigenvalue weighted by Crippen LogP contribution is 2.32. The van der Waals surface area contributed by atoms with Gasteiger partial charge in [0.05, 0.1) is 12.0 Å². The molecule has 0 spiro atoms. The zero-order chi connectivity index (χ0) is 15.4. The topological polar surface area (TPSA) is 127 Å². The van der Waals surface area contributed by atoms with Crippen LogP contribution in [0.3, 0.4) is 0 Å². The first-order valence-corrected chi connectivity index (χ1v) is 6.89. The average molecular weight is 310 g/mol. The van der Waals surface area contributed by atoms with Gasteiger partial charge in [0.2, 0.25) is 5.91 Å². The van der Waals surface area contributed by atoms with Gasteiger partial charge in [-0.2, -0.15) is 0 Å². The van der Waals surface area contributed by atoms with Crippen LogP contribution in [-0.2, 0) is 9.53 Å². The van der Waals surface area contributed by atoms with E-state index in [4.69, 9.17) is 15.6 Å². The summed E-state index contributed by atoms with van der Waals surface area (Å²) >= 11 is 1.11. The van der Waals surface area contributed by atoms with Crippen molar-refractivity contribution in [2.24, 2.45) is 5.73 Å². The number of hydrogen-bond donors (Lipinski definition) is 3. The monoisotopic (exact) mass is 310 g/mol. The molecular formula is C12H14N4O4S. The van der Waals surface area contributed by atoms with Gasteiger partial charge in [-0.3, -0.25) is 4.79 Å². The van der Waals surface area contributed by atoms with Crippen molar-refractivity contribution in [1.29, 1.82) is 0 Å². The van der Waals surface area contributed by atoms with Gasteiger partial charge in [0.25, 0.3) is 0 Å². The van der Waals surface area contributed by atoms with E-state index in [-0.39, 0.29) is 18.1 Å². The van der Waals surface area contributed by atoms with E-state index in [1.807, 2.05) is 0 Å². The average Bonchev–Trinajstić information content (AvgIpc) is 2.76. The van der Waals surface area contributed by atoms with Crippen molar-refractivity contribution in [3.8, 4) is 0 Å². The van der Waals surface area contributed by atoms with E-state index in [0.29, 0.717) is 28.1 Å². The molecule has 0 aromatic carbocycles. The lowest BCUT2D eigenvalue weighted by Crippen LogP contribution is -2.20. The number of carbonyl (C=O) groups is 2. The fourth-order valence-corrected chi connectivity index (χ4v) is 2.81. The second-order valence-corrected chi connectivity index (χ2v) is 5.21. The summed E-state index contributed by atoms with van der Waals surface area (Å²) in [6.45, 7) is 2.28. The molecule has 0 unspecified atom stereocenters. The summed E-state index contributed by atoms with van der Waals surface area (Å²) in [5.41, 5.74) is 5.58. The zero-order valence-electron chi connectivity index (χ0n) is 11.3. The lowest BCUT2D eigenvalue weighted by molar-refractivity contribution is -0.122. The summed E-state index contributed by atoms with van der Waals surface area (Å²) in [4.78, 5) is 30.7. The van der Waals surface area contributed by atoms with Gasteiger partial charge in [-0.05, 0) is 12.5 Å². The number of ether oxygens (including phenoxy) is 1. The molecule has 2 aromatic heterocycles. The van der Waals surface area contributed by atoms with Crippen molar-refractivity contribution in [2.45, 2.75) is 6.92 Å². The van der Waals surface area contributed by atoms with Crippen LogP contribution in [0.1, 0.15) is 15.2 Å². The highest BCUT2D eigenvalue weighted by Gasteiger charge is 2.18. The van der Waals surface area contributed by atoms with E-state index in [1.54, 1.807) is 6.92 Å². The van der Waals surface area contributed by atoms with Crippen LogP contribution >= 0.6 is 11.3 Å². The van der Waals surface area contributed by atoms with Crippen molar-refractivity contribution >= 4 is 39.2 Å². The summed E-state index contributed by atoms with van der Waals surface area (Å²) in [6.07, 6.45) is 1.37. The van der Waals surface area contributed by atoms with Gasteiger partial charge in [-0.1, -0.05) is 0 Å². The lowest BCUT2D eigenvalue weighted by Gasteiger charge is -2.07. The van der Waals surface area contributed by atoms with Gasteiger partial charge >= 0.3 is 5.97 Å². The van der Waals surface area contributed by atoms with E-state index in [1.165, 1.54) is 6.33 Å². The number of aromatic carboxylic acids is 1. The molecule has 0 aliphatic carbocycles. The van der Waals surface area contributed by atoms with Gasteiger partial charge in [-0.15, -0.1) is 11.3 Å². The number of nitrogens with zero attached hydrogens (tertiary/aromatic N) is 2. The smallest absolute Gasteiger partial charge is 0.346 e. The maximum Gasteiger partial charge on any atom is 0.346 e. The maximum atomic E-state index is 11.1. The number of hydrogen-bond acceptors (Lipinski definition) is 7. The maximum absolute atomic E-state index is 11.1. The molecule has 4 N–H and O–H groups in total. The number of rotatable bonds is 7. The summed E-state index contributed by atoms with van der Waals surface area (Å²) < 4.78 is 5.03. The second-order valence-electron chi connectivity index (χ2n) is 4.21. The van der Waals surface area contributed by atoms with Crippen LogP contribution in [0.2, 0.25) is 0 Å². The fraction of sp³-hybridized carbons (Fsp3) is 0.333. The van der Waals surface area contributed by atoms with Gasteiger partial charge < -0.3 is 20.9 Å². The first-order chi connectivity index (χ1) is 10.0. The SMILES string of the molecule is Cc1c(C(=O)O)sc2ncnc(NCCOCC(N)=O)c12. The van der Waals surface area contributed by atoms with Crippen LogP contribution in [0.25, 0.3) is 10.2 Å². The third-order valence-electron chi connectivity index (χ3n) is 2.70. The molecule has 1 amide bonds. The van der Waals surface area contributed by atoms with E-state index >= 15 is 0 Å². The standard InChI is InChI=1S/C12H14N4O4S/c1-6-8-10(14-2-3-20-4-7(13)17)15-5-16-11(8)21-9(6)12(18)19/h5H,2-4H2,1H3,(H2,13,17)(H,18,19)(H,14,15,16). The van der Waals surface area contributed by atoms with E-state index in [9.17, 15) is 9.59 Å². The van der Waals surface area contributed by atoms with Gasteiger partial charge in [-0.25, -0.2) is 14.8 Å². The molecular weight excluding hydrogens is 296 g/mol. The quantitative estimate of drug-likeness (QED) is 0.639. The molecule has 112 valence electrons. The van der Waals surface area contributed by atoms with Crippen LogP contribution in [0.5, 0.6) is 0 Å². The minimum Gasteiger partial charge on any atom is -0.477 e. The molecule has 2 aromatic rings. The lowest BCUT2D eigenvalue weighted by atomic mass is 10.2. The van der Waals surface area contributed by atoms with Gasteiger partial charge in [0.15, 0.2) is 0 Å². The van der Waals surface area contributed by atoms with E-state index in [0.717, 1.165) is 11.3 Å². The van der Waals surface area contributed by atoms with Crippen molar-refractivity contribution in [2.75, 3.05) is 25.1 Å². The molecule has 2 heterocycles. The van der Waals surface area contributed by atoms with Crippen LogP contribution < -0.4 is 11.1 Å². The number of nitrogens with one attached hydrogen (secondary N) is 1. The third kappa shape index (κ3) is 3.44. The number of carboxylic acids is 1. The molecule has 0 aliphatic rings. The molecule has 21 heavy (non-hydrogen) atoms. The van der Waals surface area contributed by atoms with E-state index < -0.39 is 11.9 Å². The van der Waals surface area contributed by atoms with Crippen LogP contribution in [-0.4, -0.2) is 46.7 Å². The largest absolute Gasteiger partial charge is 0.477 e. The van der Waals surface area contributed by atoms with Crippen LogP contribution in [0.15, 0.2) is 6.33 Å². The summed E-state index contributed by atoms with van der Waals surface area (Å²) in [6, 6.07) is 0. The molecule has 0 fully saturated rings. The highest BCUT2D eigenvalue weighted by molar-refractivity contribution is 7.20. The Balaban J connectivity index is 2.13. The van der Waals surface area contributed by atoms with Gasteiger partial charge in [0, 0.05) is 6.54 Å². The minimum atomic E-state index is -0.980. The number of nitrogens with two attached hydrogens (primary N) is 1. The number of anilines is 1. The Hall–Kier alpha value is -2.26. The van der Waals surface area contributed by atoms with Crippen molar-refractivity contribution in [1.82, 2.24) is 9.97 Å². The number of amides is 1. The summed E-state index contributed by atoms with van der Waals surface area (Å²) in [7, 11) is 0. The molecule has 0 aliphatic heterocycles. The Morgan fingerprint density at radius 3 is 2.90 bits per heavy atom. The second kappa shape index (κ2) is 6.46. The summed E-state index contributed by atoms with van der Waals surface area (Å²) in [5.74, 6) is -0.964. The molecule has 0 radical (unpaired) electrons. The molecule has 0 bridgehead atoms. The number of primary amides is 1. The fourth-order valence-electron chi connectivity index (χ4n) is 1.82. The molecule has 0 atom stereocenters. The molecule has 2 rings (SSSR count). The van der Waals surface area contributed by atoms with Crippen LogP contribution in [0.4, 0.5) is 5.82 Å². The first kappa shape index (κ1) is 15.1. The number of carboxylic acid groups (broad SMARTS) is 1. The third-order valence-corrected chi connectivity index (χ3v) is 3.89. The Morgan fingerprint density at radius 1 is 1.48 bits per heavy atom. The van der Waals surface area contributed by atoms with Crippen molar-refractivity contribution < 1.29 is 19.4 Å². The Labute approximate surface area is 124 Å². The molecule has 8 nitrogen and oxygen atoms in total. The number of thiophene rings is 1. The molecule has 0 saturated heterocycles. The number of aromatic nitrogens is 2. The predicted molar refractivity (Wildman–Crippen MR) is 77.6 cm³/mol. The Morgan fingerprint density at radius 2 is 2.24 bits per heavy atom. The number of fused-ring (bicyclic) bond motifs is 1. The van der Waals surface area contributed by atoms with Crippen LogP contribution in [0, 0.1) is 6.92 Å². The Bertz CT molecular complexity index is 685. The van der Waals surface area contributed by atoms with Gasteiger partial charge in [0.1, 0.15) is 28.5 Å². The zero-order valence-corrected chi connectivity index (χ0v) is 12.1. The number of carbonyl (C=O) groups excluding carboxylic acids is 1. The number of aryl methyl sites for hydroxylation is 1. The molecule has 0 saturated carbocycles. The minimum absolute atomic E-state index is 0.137.